The highest BCUT2D eigenvalue weighted by molar-refractivity contribution is 5.99. The molecule has 0 atom stereocenters. The van der Waals surface area contributed by atoms with Gasteiger partial charge in [0.25, 0.3) is 11.8 Å². The molecule has 0 spiro atoms. The summed E-state index contributed by atoms with van der Waals surface area (Å²) in [6.45, 7) is 3.88. The third kappa shape index (κ3) is 3.34. The zero-order valence-corrected chi connectivity index (χ0v) is 19.1. The number of hydrogen-bond donors (Lipinski definition) is 0. The van der Waals surface area contributed by atoms with E-state index in [0.29, 0.717) is 42.7 Å². The highest BCUT2D eigenvalue weighted by Gasteiger charge is 2.45. The molecule has 2 saturated heterocycles. The molecule has 0 saturated carbocycles. The second kappa shape index (κ2) is 7.78. The Morgan fingerprint density at radius 2 is 1.66 bits per heavy atom. The minimum absolute atomic E-state index is 0.0167. The molecule has 0 radical (unpaired) electrons. The molecule has 2 amide bonds. The normalized spacial score (nSPS) is 18.6. The molecule has 7 heteroatoms. The molecule has 3 aliphatic heterocycles. The number of amides is 2. The third-order valence-electron chi connectivity index (χ3n) is 7.50. The number of nitrogens with zero attached hydrogens (tertiary/aromatic N) is 4. The number of carbonyl (C=O) groups is 2. The number of benzene rings is 3. The van der Waals surface area contributed by atoms with Gasteiger partial charge in [-0.2, -0.15) is 0 Å². The second-order valence-electron chi connectivity index (χ2n) is 9.63. The Bertz CT molecular complexity index is 1450. The summed E-state index contributed by atoms with van der Waals surface area (Å²) in [5.74, 6) is 0.720. The lowest BCUT2D eigenvalue weighted by Crippen LogP contribution is -2.70. The average Bonchev–Trinajstić information content (AvgIpc) is 3.41. The fourth-order valence-electron chi connectivity index (χ4n) is 5.35. The van der Waals surface area contributed by atoms with Crippen LogP contribution in [0.5, 0.6) is 0 Å². The van der Waals surface area contributed by atoms with Crippen molar-refractivity contribution < 1.29 is 14.0 Å². The van der Waals surface area contributed by atoms with Crippen molar-refractivity contribution in [2.45, 2.75) is 18.6 Å². The van der Waals surface area contributed by atoms with E-state index in [1.165, 1.54) is 0 Å². The lowest BCUT2D eigenvalue weighted by molar-refractivity contribution is -0.0364. The predicted molar refractivity (Wildman–Crippen MR) is 131 cm³/mol. The average molecular weight is 465 g/mol. The van der Waals surface area contributed by atoms with Crippen molar-refractivity contribution in [1.29, 1.82) is 0 Å². The molecule has 7 nitrogen and oxygen atoms in total. The van der Waals surface area contributed by atoms with Crippen LogP contribution in [0.3, 0.4) is 0 Å². The highest BCUT2D eigenvalue weighted by atomic mass is 16.3. The molecule has 0 unspecified atom stereocenters. The first-order valence-corrected chi connectivity index (χ1v) is 12.0. The molecule has 0 N–H and O–H groups in total. The van der Waals surface area contributed by atoms with E-state index in [1.807, 2.05) is 76.5 Å². The standard InChI is InChI=1S/C28H24N4O3/c33-27(19-10-11-24-25(12-19)35-26(29-24)18-6-2-1-3-7-18)31-14-21(15-31)30-16-22(17-30)32-13-20-8-4-5-9-23(20)28(32)34/h1-12,21-22H,13-17H2. The number of aromatic nitrogens is 1. The number of oxazole rings is 1. The number of hydrogen-bond acceptors (Lipinski definition) is 5. The molecule has 3 aromatic carbocycles. The first kappa shape index (κ1) is 20.4. The van der Waals surface area contributed by atoms with Gasteiger partial charge in [0.2, 0.25) is 5.89 Å². The van der Waals surface area contributed by atoms with Gasteiger partial charge in [0.15, 0.2) is 5.58 Å². The van der Waals surface area contributed by atoms with E-state index in [0.717, 1.165) is 35.3 Å². The molecule has 1 aromatic heterocycles. The maximum Gasteiger partial charge on any atom is 0.254 e. The second-order valence-corrected chi connectivity index (χ2v) is 9.63. The predicted octanol–water partition coefficient (Wildman–Crippen LogP) is 3.66. The minimum atomic E-state index is 0.0167. The van der Waals surface area contributed by atoms with Gasteiger partial charge in [-0.1, -0.05) is 36.4 Å². The van der Waals surface area contributed by atoms with Gasteiger partial charge in [-0.3, -0.25) is 14.5 Å². The quantitative estimate of drug-likeness (QED) is 0.461. The van der Waals surface area contributed by atoms with Crippen molar-refractivity contribution in [2.24, 2.45) is 0 Å². The monoisotopic (exact) mass is 464 g/mol. The third-order valence-corrected chi connectivity index (χ3v) is 7.50. The Kier molecular flexibility index (Phi) is 4.54. The molecular formula is C28H24N4O3. The molecule has 35 heavy (non-hydrogen) atoms. The number of fused-ring (bicyclic) bond motifs is 2. The van der Waals surface area contributed by atoms with E-state index < -0.39 is 0 Å². The Balaban J connectivity index is 0.965. The van der Waals surface area contributed by atoms with Crippen LogP contribution in [0.2, 0.25) is 0 Å². The van der Waals surface area contributed by atoms with Gasteiger partial charge in [0, 0.05) is 55.5 Å². The van der Waals surface area contributed by atoms with Crippen LogP contribution in [0, 0.1) is 0 Å². The smallest absolute Gasteiger partial charge is 0.254 e. The van der Waals surface area contributed by atoms with Crippen LogP contribution in [-0.4, -0.2) is 69.8 Å². The summed E-state index contributed by atoms with van der Waals surface area (Å²) in [5.41, 5.74) is 4.85. The van der Waals surface area contributed by atoms with Crippen molar-refractivity contribution in [3.63, 3.8) is 0 Å². The molecule has 3 aliphatic rings. The van der Waals surface area contributed by atoms with Crippen LogP contribution < -0.4 is 0 Å². The van der Waals surface area contributed by atoms with Gasteiger partial charge in [0.1, 0.15) is 5.52 Å². The lowest BCUT2D eigenvalue weighted by Gasteiger charge is -2.53. The number of carbonyl (C=O) groups excluding carboxylic acids is 2. The van der Waals surface area contributed by atoms with Crippen LogP contribution in [0.1, 0.15) is 26.3 Å². The van der Waals surface area contributed by atoms with E-state index in [1.54, 1.807) is 6.07 Å². The molecule has 0 bridgehead atoms. The summed E-state index contributed by atoms with van der Waals surface area (Å²) in [7, 11) is 0. The molecule has 2 fully saturated rings. The van der Waals surface area contributed by atoms with E-state index in [9.17, 15) is 9.59 Å². The maximum atomic E-state index is 13.1. The van der Waals surface area contributed by atoms with Gasteiger partial charge < -0.3 is 14.2 Å². The van der Waals surface area contributed by atoms with Crippen LogP contribution in [0.25, 0.3) is 22.6 Å². The van der Waals surface area contributed by atoms with Crippen LogP contribution >= 0.6 is 0 Å². The Morgan fingerprint density at radius 3 is 2.46 bits per heavy atom. The zero-order valence-electron chi connectivity index (χ0n) is 19.1. The first-order valence-electron chi connectivity index (χ1n) is 12.0. The zero-order chi connectivity index (χ0) is 23.5. The summed E-state index contributed by atoms with van der Waals surface area (Å²) >= 11 is 0. The number of rotatable bonds is 4. The van der Waals surface area contributed by atoms with Gasteiger partial charge in [-0.25, -0.2) is 4.98 Å². The molecular weight excluding hydrogens is 440 g/mol. The topological polar surface area (TPSA) is 69.9 Å². The SMILES string of the molecule is O=C(c1ccc2nc(-c3ccccc3)oc2c1)N1CC(N2CC(N3Cc4ccccc4C3=O)C2)C1. The molecule has 4 aromatic rings. The lowest BCUT2D eigenvalue weighted by atomic mass is 9.98. The highest BCUT2D eigenvalue weighted by Crippen LogP contribution is 2.31. The van der Waals surface area contributed by atoms with E-state index >= 15 is 0 Å². The fraction of sp³-hybridized carbons (Fsp3) is 0.250. The summed E-state index contributed by atoms with van der Waals surface area (Å²) in [6.07, 6.45) is 0. The van der Waals surface area contributed by atoms with Crippen molar-refractivity contribution >= 4 is 22.9 Å². The molecule has 4 heterocycles. The minimum Gasteiger partial charge on any atom is -0.436 e. The van der Waals surface area contributed by atoms with Crippen LogP contribution in [0.15, 0.2) is 77.2 Å². The van der Waals surface area contributed by atoms with Crippen molar-refractivity contribution in [3.8, 4) is 11.5 Å². The van der Waals surface area contributed by atoms with Crippen LogP contribution in [0.4, 0.5) is 0 Å². The molecule has 7 rings (SSSR count). The molecule has 0 aliphatic carbocycles. The van der Waals surface area contributed by atoms with Gasteiger partial charge in [-0.05, 0) is 42.0 Å². The Morgan fingerprint density at radius 1 is 0.886 bits per heavy atom. The summed E-state index contributed by atoms with van der Waals surface area (Å²) < 4.78 is 5.93. The summed E-state index contributed by atoms with van der Waals surface area (Å²) in [6, 6.07) is 23.7. The van der Waals surface area contributed by atoms with Crippen molar-refractivity contribution in [2.75, 3.05) is 26.2 Å². The first-order chi connectivity index (χ1) is 17.1. The van der Waals surface area contributed by atoms with Crippen molar-refractivity contribution in [3.05, 3.63) is 89.5 Å². The van der Waals surface area contributed by atoms with Gasteiger partial charge in [-0.15, -0.1) is 0 Å². The van der Waals surface area contributed by atoms with Crippen LogP contribution in [-0.2, 0) is 6.54 Å². The Labute approximate surface area is 202 Å². The number of likely N-dealkylation sites (tertiary alicyclic amines) is 2. The van der Waals surface area contributed by atoms with Crippen molar-refractivity contribution in [1.82, 2.24) is 19.7 Å². The van der Waals surface area contributed by atoms with Gasteiger partial charge in [0.05, 0.1) is 6.04 Å². The van der Waals surface area contributed by atoms with E-state index in [4.69, 9.17) is 4.42 Å². The van der Waals surface area contributed by atoms with E-state index in [2.05, 4.69) is 9.88 Å². The largest absolute Gasteiger partial charge is 0.436 e. The van der Waals surface area contributed by atoms with E-state index in [-0.39, 0.29) is 17.9 Å². The fourth-order valence-corrected chi connectivity index (χ4v) is 5.35. The summed E-state index contributed by atoms with van der Waals surface area (Å²) in [4.78, 5) is 36.6. The Hall–Kier alpha value is -3.97. The maximum absolute atomic E-state index is 13.1. The molecule has 174 valence electrons. The summed E-state index contributed by atoms with van der Waals surface area (Å²) in [5, 5.41) is 0. The van der Waals surface area contributed by atoms with Gasteiger partial charge >= 0.3 is 0 Å².